The average molecular weight is 468 g/mol. The molecule has 2 amide bonds. The summed E-state index contributed by atoms with van der Waals surface area (Å²) in [4.78, 5) is 38.1. The van der Waals surface area contributed by atoms with Crippen LogP contribution in [0.5, 0.6) is 0 Å². The monoisotopic (exact) mass is 467 g/mol. The first kappa shape index (κ1) is 22.4. The molecule has 0 aliphatic carbocycles. The second-order valence-electron chi connectivity index (χ2n) is 6.56. The van der Waals surface area contributed by atoms with Crippen LogP contribution in [0, 0.1) is 0 Å². The van der Waals surface area contributed by atoms with Crippen molar-refractivity contribution in [3.8, 4) is 0 Å². The Kier molecular flexibility index (Phi) is 7.60. The number of rotatable bonds is 6. The number of hydrogen-bond donors (Lipinski definition) is 3. The molecule has 0 bridgehead atoms. The van der Waals surface area contributed by atoms with Gasteiger partial charge in [0.1, 0.15) is 0 Å². The second kappa shape index (κ2) is 10.2. The number of aliphatic carboxylic acids is 1. The van der Waals surface area contributed by atoms with Gasteiger partial charge in [-0.25, -0.2) is 9.80 Å². The van der Waals surface area contributed by atoms with Gasteiger partial charge in [-0.05, 0) is 17.7 Å². The summed E-state index contributed by atoms with van der Waals surface area (Å²) in [6.45, 7) is 0. The molecule has 10 heteroatoms. The van der Waals surface area contributed by atoms with Crippen LogP contribution < -0.4 is 10.7 Å². The van der Waals surface area contributed by atoms with Gasteiger partial charge in [0.05, 0.1) is 21.7 Å². The Bertz CT molecular complexity index is 919. The van der Waals surface area contributed by atoms with Gasteiger partial charge in [-0.15, -0.1) is 11.8 Å². The number of carbonyl (C=O) groups excluding carboxylic acids is 2. The minimum atomic E-state index is -1.32. The second-order valence-corrected chi connectivity index (χ2v) is 8.41. The third-order valence-electron chi connectivity index (χ3n) is 4.53. The third-order valence-corrected chi connectivity index (χ3v) is 6.10. The van der Waals surface area contributed by atoms with E-state index in [1.807, 2.05) is 6.07 Å². The lowest BCUT2D eigenvalue weighted by Crippen LogP contribution is -2.60. The number of carboxylic acid groups (broad SMARTS) is 1. The average Bonchev–Trinajstić information content (AvgIpc) is 3.25. The van der Waals surface area contributed by atoms with Crippen molar-refractivity contribution in [3.05, 3.63) is 69.7 Å². The summed E-state index contributed by atoms with van der Waals surface area (Å²) < 4.78 is 0. The number of amides is 2. The quantitative estimate of drug-likeness (QED) is 0.564. The maximum Gasteiger partial charge on any atom is 0.328 e. The van der Waals surface area contributed by atoms with E-state index in [4.69, 9.17) is 23.2 Å². The lowest BCUT2D eigenvalue weighted by atomic mass is 10.0. The van der Waals surface area contributed by atoms with Crippen LogP contribution in [0.25, 0.3) is 0 Å². The van der Waals surface area contributed by atoms with E-state index in [9.17, 15) is 19.5 Å². The number of hydrogen-bond acceptors (Lipinski definition) is 5. The molecule has 1 heterocycles. The minimum absolute atomic E-state index is 0.0122. The van der Waals surface area contributed by atoms with Gasteiger partial charge in [0, 0.05) is 18.1 Å². The Morgan fingerprint density at radius 3 is 2.37 bits per heavy atom. The first-order valence-corrected chi connectivity index (χ1v) is 11.0. The van der Waals surface area contributed by atoms with E-state index in [0.717, 1.165) is 5.01 Å². The number of nitrogens with zero attached hydrogens (tertiary/aromatic N) is 1. The number of hydrazine groups is 1. The van der Waals surface area contributed by atoms with Gasteiger partial charge in [0.15, 0.2) is 6.04 Å². The molecular weight excluding hydrogens is 449 g/mol. The summed E-state index contributed by atoms with van der Waals surface area (Å²) in [7, 11) is 0. The number of benzene rings is 2. The van der Waals surface area contributed by atoms with Crippen LogP contribution in [0.1, 0.15) is 15.9 Å². The zero-order chi connectivity index (χ0) is 21.7. The molecule has 1 aliphatic heterocycles. The first-order valence-electron chi connectivity index (χ1n) is 9.04. The van der Waals surface area contributed by atoms with E-state index >= 15 is 0 Å². The van der Waals surface area contributed by atoms with Crippen molar-refractivity contribution in [2.45, 2.75) is 18.5 Å². The van der Waals surface area contributed by atoms with Crippen molar-refractivity contribution >= 4 is 52.7 Å². The van der Waals surface area contributed by atoms with Crippen molar-refractivity contribution in [2.75, 3.05) is 11.6 Å². The molecule has 3 rings (SSSR count). The standard InChI is InChI=1S/C20H19Cl2N3O4S/c21-13-7-4-8-14(22)17(13)18(26)24-25(19(27)15-10-30-11-23-15)16(20(28)29)9-12-5-2-1-3-6-12/h1-8,15-16,23H,9-11H2,(H,24,26)(H,28,29)/t15-,16-/m0/s1. The van der Waals surface area contributed by atoms with Crippen LogP contribution >= 0.6 is 35.0 Å². The van der Waals surface area contributed by atoms with Gasteiger partial charge in [-0.2, -0.15) is 0 Å². The van der Waals surface area contributed by atoms with E-state index in [2.05, 4.69) is 10.7 Å². The Morgan fingerprint density at radius 2 is 1.80 bits per heavy atom. The van der Waals surface area contributed by atoms with Crippen molar-refractivity contribution < 1.29 is 19.5 Å². The fourth-order valence-electron chi connectivity index (χ4n) is 3.01. The molecule has 1 aliphatic rings. The highest BCUT2D eigenvalue weighted by atomic mass is 35.5. The molecule has 3 N–H and O–H groups in total. The van der Waals surface area contributed by atoms with Crippen LogP contribution in [-0.4, -0.2) is 51.6 Å². The van der Waals surface area contributed by atoms with Crippen LogP contribution in [0.15, 0.2) is 48.5 Å². The Morgan fingerprint density at radius 1 is 1.13 bits per heavy atom. The van der Waals surface area contributed by atoms with Gasteiger partial charge >= 0.3 is 5.97 Å². The zero-order valence-electron chi connectivity index (χ0n) is 15.7. The molecule has 2 aromatic carbocycles. The molecule has 0 saturated carbocycles. The number of carboxylic acids is 1. The topological polar surface area (TPSA) is 98.7 Å². The summed E-state index contributed by atoms with van der Waals surface area (Å²) in [6.07, 6.45) is 0.0122. The van der Waals surface area contributed by atoms with Crippen molar-refractivity contribution in [1.29, 1.82) is 0 Å². The van der Waals surface area contributed by atoms with Gasteiger partial charge in [0.2, 0.25) is 0 Å². The predicted molar refractivity (Wildman–Crippen MR) is 117 cm³/mol. The van der Waals surface area contributed by atoms with Crippen LogP contribution in [0.2, 0.25) is 10.0 Å². The summed E-state index contributed by atoms with van der Waals surface area (Å²) in [6, 6.07) is 11.5. The van der Waals surface area contributed by atoms with Gasteiger partial charge in [-0.1, -0.05) is 59.6 Å². The molecule has 158 valence electrons. The molecular formula is C20H19Cl2N3O4S. The summed E-state index contributed by atoms with van der Waals surface area (Å²) in [5.41, 5.74) is 3.12. The lowest BCUT2D eigenvalue weighted by Gasteiger charge is -2.31. The molecule has 1 fully saturated rings. The maximum absolute atomic E-state index is 13.1. The highest BCUT2D eigenvalue weighted by molar-refractivity contribution is 7.99. The molecule has 7 nitrogen and oxygen atoms in total. The van der Waals surface area contributed by atoms with Gasteiger partial charge in [-0.3, -0.25) is 20.3 Å². The number of carbonyl (C=O) groups is 3. The van der Waals surface area contributed by atoms with Crippen molar-refractivity contribution in [1.82, 2.24) is 15.8 Å². The van der Waals surface area contributed by atoms with E-state index in [0.29, 0.717) is 17.2 Å². The molecule has 0 radical (unpaired) electrons. The molecule has 2 atom stereocenters. The summed E-state index contributed by atoms with van der Waals surface area (Å²) in [5, 5.41) is 13.9. The predicted octanol–water partition coefficient (Wildman–Crippen LogP) is 2.83. The van der Waals surface area contributed by atoms with Gasteiger partial charge in [0.25, 0.3) is 11.8 Å². The van der Waals surface area contributed by atoms with Crippen molar-refractivity contribution in [3.63, 3.8) is 0 Å². The zero-order valence-corrected chi connectivity index (χ0v) is 18.0. The highest BCUT2D eigenvalue weighted by Crippen LogP contribution is 2.24. The molecule has 0 spiro atoms. The number of nitrogens with one attached hydrogen (secondary N) is 2. The molecule has 1 saturated heterocycles. The Labute approximate surface area is 187 Å². The molecule has 0 unspecified atom stereocenters. The van der Waals surface area contributed by atoms with E-state index in [1.165, 1.54) is 23.9 Å². The third kappa shape index (κ3) is 5.26. The van der Waals surface area contributed by atoms with Crippen LogP contribution in [0.4, 0.5) is 0 Å². The maximum atomic E-state index is 13.1. The minimum Gasteiger partial charge on any atom is -0.480 e. The number of thioether (sulfide) groups is 1. The first-order chi connectivity index (χ1) is 14.4. The summed E-state index contributed by atoms with van der Waals surface area (Å²) in [5.74, 6) is -1.52. The molecule has 0 aromatic heterocycles. The Balaban J connectivity index is 1.93. The highest BCUT2D eigenvalue weighted by Gasteiger charge is 2.37. The molecule has 30 heavy (non-hydrogen) atoms. The molecule has 2 aromatic rings. The number of halogens is 2. The van der Waals surface area contributed by atoms with E-state index in [-0.39, 0.29) is 22.0 Å². The normalized spacial score (nSPS) is 16.7. The van der Waals surface area contributed by atoms with Crippen LogP contribution in [-0.2, 0) is 16.0 Å². The van der Waals surface area contributed by atoms with Crippen LogP contribution in [0.3, 0.4) is 0 Å². The Hall–Kier alpha value is -2.26. The SMILES string of the molecule is O=C(NN(C(=O)[C@@H]1CSCN1)[C@@H](Cc1ccccc1)C(=O)O)c1c(Cl)cccc1Cl. The van der Waals surface area contributed by atoms with Gasteiger partial charge < -0.3 is 5.11 Å². The fraction of sp³-hybridized carbons (Fsp3) is 0.250. The fourth-order valence-corrected chi connectivity index (χ4v) is 4.52. The lowest BCUT2D eigenvalue weighted by molar-refractivity contribution is -0.153. The largest absolute Gasteiger partial charge is 0.480 e. The smallest absolute Gasteiger partial charge is 0.328 e. The van der Waals surface area contributed by atoms with E-state index in [1.54, 1.807) is 30.3 Å². The summed E-state index contributed by atoms with van der Waals surface area (Å²) >= 11 is 13.7. The van der Waals surface area contributed by atoms with E-state index < -0.39 is 29.9 Å². The van der Waals surface area contributed by atoms with Crippen molar-refractivity contribution in [2.24, 2.45) is 0 Å².